The quantitative estimate of drug-likeness (QED) is 0.0669. The molecule has 0 spiro atoms. The Morgan fingerprint density at radius 1 is 0.712 bits per heavy atom. The van der Waals surface area contributed by atoms with Crippen LogP contribution in [0.3, 0.4) is 0 Å². The van der Waals surface area contributed by atoms with Crippen LogP contribution in [0.2, 0.25) is 0 Å². The van der Waals surface area contributed by atoms with Gasteiger partial charge in [-0.2, -0.15) is 8.78 Å². The van der Waals surface area contributed by atoms with Gasteiger partial charge in [-0.15, -0.1) is 0 Å². The van der Waals surface area contributed by atoms with Crippen molar-refractivity contribution in [2.24, 2.45) is 5.92 Å². The number of ether oxygens (including phenoxy) is 2. The van der Waals surface area contributed by atoms with Gasteiger partial charge in [0.2, 0.25) is 52.6 Å². The minimum absolute atomic E-state index is 0.0285. The first-order valence-electron chi connectivity index (χ1n) is 16.8. The average molecular weight is 733 g/mol. The van der Waals surface area contributed by atoms with Crippen LogP contribution in [0.15, 0.2) is 60.7 Å². The largest absolute Gasteiger partial charge is 0.418 e. The maximum Gasteiger partial charge on any atom is 0.334 e. The Bertz CT molecular complexity index is 1660. The summed E-state index contributed by atoms with van der Waals surface area (Å²) in [6.07, 6.45) is 0.363. The predicted octanol–water partition coefficient (Wildman–Crippen LogP) is 4.00. The van der Waals surface area contributed by atoms with E-state index in [0.29, 0.717) is 38.3 Å². The van der Waals surface area contributed by atoms with Crippen molar-refractivity contribution in [1.29, 1.82) is 0 Å². The van der Waals surface area contributed by atoms with Gasteiger partial charge < -0.3 is 25.4 Å². The van der Waals surface area contributed by atoms with E-state index in [9.17, 15) is 41.1 Å². The molecule has 1 aliphatic heterocycles. The Labute approximate surface area is 298 Å². The Morgan fingerprint density at radius 3 is 1.81 bits per heavy atom. The van der Waals surface area contributed by atoms with E-state index < -0.39 is 76.7 Å². The number of amides is 3. The second kappa shape index (κ2) is 19.1. The molecule has 1 aliphatic rings. The summed E-state index contributed by atoms with van der Waals surface area (Å²) in [7, 11) is 0. The normalized spacial score (nSPS) is 15.0. The molecule has 3 aromatic carbocycles. The molecule has 280 valence electrons. The number of carbonyl (C=O) groups excluding carboxylic acids is 4. The molecule has 3 amide bonds. The molecule has 1 saturated heterocycles. The summed E-state index contributed by atoms with van der Waals surface area (Å²) in [5.74, 6) is -17.3. The predicted molar refractivity (Wildman–Crippen MR) is 179 cm³/mol. The van der Waals surface area contributed by atoms with Crippen LogP contribution in [0.4, 0.5) is 22.0 Å². The highest BCUT2D eigenvalue weighted by Gasteiger charge is 2.34. The van der Waals surface area contributed by atoms with E-state index in [1.807, 2.05) is 35.2 Å². The summed E-state index contributed by atoms with van der Waals surface area (Å²) in [5.41, 5.74) is 1.37. The van der Waals surface area contributed by atoms with E-state index in [0.717, 1.165) is 5.56 Å². The molecule has 0 radical (unpaired) electrons. The van der Waals surface area contributed by atoms with Gasteiger partial charge in [0.15, 0.2) is 0 Å². The molecule has 10 nitrogen and oxygen atoms in total. The number of benzene rings is 3. The van der Waals surface area contributed by atoms with Gasteiger partial charge in [0.1, 0.15) is 18.1 Å². The molecular formula is C37H41F5N4O6. The van der Waals surface area contributed by atoms with Crippen molar-refractivity contribution in [1.82, 2.24) is 20.9 Å². The number of halogens is 5. The van der Waals surface area contributed by atoms with Crippen LogP contribution < -0.4 is 20.7 Å². The smallest absolute Gasteiger partial charge is 0.334 e. The van der Waals surface area contributed by atoms with Gasteiger partial charge in [-0.3, -0.25) is 19.3 Å². The van der Waals surface area contributed by atoms with Crippen LogP contribution in [0.1, 0.15) is 37.8 Å². The number of nitrogens with zero attached hydrogens (tertiary/aromatic N) is 1. The fraction of sp³-hybridized carbons (Fsp3) is 0.405. The maximum absolute atomic E-state index is 14.4. The molecule has 15 heteroatoms. The highest BCUT2D eigenvalue weighted by molar-refractivity contribution is 5.94. The number of carbonyl (C=O) groups is 4. The van der Waals surface area contributed by atoms with Crippen molar-refractivity contribution in [3.8, 4) is 5.75 Å². The molecule has 3 N–H and O–H groups in total. The third-order valence-electron chi connectivity index (χ3n) is 8.28. The summed E-state index contributed by atoms with van der Waals surface area (Å²) in [5, 5.41) is 7.88. The number of nitrogens with one attached hydrogen (secondary N) is 3. The third-order valence-corrected chi connectivity index (χ3v) is 8.28. The van der Waals surface area contributed by atoms with E-state index >= 15 is 0 Å². The lowest BCUT2D eigenvalue weighted by Gasteiger charge is -2.28. The van der Waals surface area contributed by atoms with Crippen LogP contribution in [0.25, 0.3) is 0 Å². The maximum atomic E-state index is 14.4. The zero-order chi connectivity index (χ0) is 37.8. The number of rotatable bonds is 16. The Morgan fingerprint density at radius 2 is 1.23 bits per heavy atom. The molecular weight excluding hydrogens is 691 g/mol. The zero-order valence-electron chi connectivity index (χ0n) is 28.7. The average Bonchev–Trinajstić information content (AvgIpc) is 3.13. The molecule has 0 saturated carbocycles. The zero-order valence-corrected chi connectivity index (χ0v) is 28.7. The van der Waals surface area contributed by atoms with E-state index in [-0.39, 0.29) is 31.7 Å². The number of hydrogen-bond donors (Lipinski definition) is 3. The molecule has 0 aliphatic carbocycles. The molecule has 3 atom stereocenters. The molecule has 3 aromatic rings. The first-order chi connectivity index (χ1) is 24.8. The monoisotopic (exact) mass is 732 g/mol. The van der Waals surface area contributed by atoms with Crippen molar-refractivity contribution in [2.75, 3.05) is 32.8 Å². The Balaban J connectivity index is 1.55. The van der Waals surface area contributed by atoms with Crippen molar-refractivity contribution < 1.29 is 50.6 Å². The highest BCUT2D eigenvalue weighted by Crippen LogP contribution is 2.29. The van der Waals surface area contributed by atoms with Crippen LogP contribution >= 0.6 is 0 Å². The lowest BCUT2D eigenvalue weighted by atomic mass is 10.00. The lowest BCUT2D eigenvalue weighted by Crippen LogP contribution is -2.57. The number of aryl methyl sites for hydroxylation is 1. The van der Waals surface area contributed by atoms with Crippen molar-refractivity contribution >= 4 is 23.7 Å². The van der Waals surface area contributed by atoms with Crippen molar-refractivity contribution in [3.05, 3.63) is 101 Å². The second-order valence-electron chi connectivity index (χ2n) is 12.8. The molecule has 52 heavy (non-hydrogen) atoms. The molecule has 1 fully saturated rings. The minimum atomic E-state index is -2.43. The van der Waals surface area contributed by atoms with Crippen LogP contribution in [0.5, 0.6) is 5.75 Å². The number of esters is 1. The van der Waals surface area contributed by atoms with Crippen LogP contribution in [0, 0.1) is 35.0 Å². The van der Waals surface area contributed by atoms with E-state index in [4.69, 9.17) is 9.47 Å². The molecule has 0 unspecified atom stereocenters. The van der Waals surface area contributed by atoms with Gasteiger partial charge in [0.05, 0.1) is 19.8 Å². The Kier molecular flexibility index (Phi) is 14.6. The molecule has 0 aromatic heterocycles. The van der Waals surface area contributed by atoms with Gasteiger partial charge in [-0.1, -0.05) is 74.5 Å². The van der Waals surface area contributed by atoms with Gasteiger partial charge in [-0.05, 0) is 36.3 Å². The fourth-order valence-corrected chi connectivity index (χ4v) is 5.56. The molecule has 1 heterocycles. The van der Waals surface area contributed by atoms with E-state index in [2.05, 4.69) is 16.0 Å². The fourth-order valence-electron chi connectivity index (χ4n) is 5.56. The first kappa shape index (κ1) is 39.9. The third kappa shape index (κ3) is 11.3. The van der Waals surface area contributed by atoms with Crippen molar-refractivity contribution in [2.45, 2.75) is 57.7 Å². The van der Waals surface area contributed by atoms with Gasteiger partial charge >= 0.3 is 5.97 Å². The minimum Gasteiger partial charge on any atom is -0.418 e. The standard InChI is InChI=1S/C37H41F5N4O6/c1-22(2)19-26(44-35(48)25(14-13-23-9-5-3-6-10-23)43-28(47)21-46-15-17-51-18-16-46)36(49)45-27(20-24-11-7-4-8-12-24)37(50)52-34-32(41)30(39)29(38)31(40)33(34)42/h3-12,22,25-27H,13-21H2,1-2H3,(H,43,47)(H,44,48)(H,45,49)/t25-,26-,27-/m0/s1. The molecule has 4 rings (SSSR count). The summed E-state index contributed by atoms with van der Waals surface area (Å²) in [4.78, 5) is 55.8. The number of hydrogen-bond acceptors (Lipinski definition) is 7. The summed E-state index contributed by atoms with van der Waals surface area (Å²) >= 11 is 0. The van der Waals surface area contributed by atoms with Crippen LogP contribution in [-0.4, -0.2) is 79.6 Å². The number of morpholine rings is 1. The van der Waals surface area contributed by atoms with Gasteiger partial charge in [-0.25, -0.2) is 18.0 Å². The van der Waals surface area contributed by atoms with Crippen LogP contribution in [-0.2, 0) is 36.8 Å². The molecule has 0 bridgehead atoms. The second-order valence-corrected chi connectivity index (χ2v) is 12.8. The van der Waals surface area contributed by atoms with Gasteiger partial charge in [0, 0.05) is 19.5 Å². The van der Waals surface area contributed by atoms with E-state index in [1.54, 1.807) is 44.2 Å². The summed E-state index contributed by atoms with van der Waals surface area (Å²) < 4.78 is 80.3. The highest BCUT2D eigenvalue weighted by atomic mass is 19.2. The lowest BCUT2D eigenvalue weighted by molar-refractivity contribution is -0.140. The van der Waals surface area contributed by atoms with Crippen molar-refractivity contribution in [3.63, 3.8) is 0 Å². The topological polar surface area (TPSA) is 126 Å². The SMILES string of the molecule is CC(C)C[C@H](NC(=O)[C@H](CCc1ccccc1)NC(=O)CN1CCOCC1)C(=O)N[C@@H](Cc1ccccc1)C(=O)Oc1c(F)c(F)c(F)c(F)c1F. The Hall–Kier alpha value is -4.89. The van der Waals surface area contributed by atoms with Gasteiger partial charge in [0.25, 0.3) is 0 Å². The summed E-state index contributed by atoms with van der Waals surface area (Å²) in [6.45, 7) is 5.62. The summed E-state index contributed by atoms with van der Waals surface area (Å²) in [6, 6.07) is 13.3. The van der Waals surface area contributed by atoms with E-state index in [1.165, 1.54) is 0 Å². The first-order valence-corrected chi connectivity index (χ1v) is 16.8.